The minimum atomic E-state index is -4.73. The second-order valence-corrected chi connectivity index (χ2v) is 13.3. The van der Waals surface area contributed by atoms with Gasteiger partial charge >= 0.3 is 6.18 Å². The van der Waals surface area contributed by atoms with E-state index >= 15 is 0 Å². The molecule has 6 rings (SSSR count). The summed E-state index contributed by atoms with van der Waals surface area (Å²) in [5.74, 6) is -0.635. The van der Waals surface area contributed by atoms with Crippen LogP contribution in [0.3, 0.4) is 0 Å². The highest BCUT2D eigenvalue weighted by atomic mass is 32.2. The Balaban J connectivity index is 1.20. The van der Waals surface area contributed by atoms with Crippen molar-refractivity contribution in [1.82, 2.24) is 29.5 Å². The SMILES string of the molecule is O=C1NC=CN(S(=O)(=O)c2cccc(C(F)(F)F)c2)[C@@H]1Cc1cn([C@H]2CCCc3cc(CN4CCC(F)CC4)ccc32)nn1. The van der Waals surface area contributed by atoms with Crippen molar-refractivity contribution in [1.29, 1.82) is 0 Å². The zero-order valence-corrected chi connectivity index (χ0v) is 24.6. The number of hydrogen-bond acceptors (Lipinski definition) is 6. The molecule has 234 valence electrons. The zero-order chi connectivity index (χ0) is 31.1. The van der Waals surface area contributed by atoms with E-state index in [1.807, 2.05) is 0 Å². The van der Waals surface area contributed by atoms with E-state index in [2.05, 4.69) is 38.7 Å². The largest absolute Gasteiger partial charge is 0.416 e. The molecule has 14 heteroatoms. The molecule has 1 fully saturated rings. The summed E-state index contributed by atoms with van der Waals surface area (Å²) >= 11 is 0. The Hall–Kier alpha value is -3.78. The van der Waals surface area contributed by atoms with Crippen LogP contribution in [-0.4, -0.2) is 63.8 Å². The van der Waals surface area contributed by atoms with Gasteiger partial charge in [0.2, 0.25) is 5.91 Å². The third-order valence-electron chi connectivity index (χ3n) is 8.49. The number of nitrogens with one attached hydrogen (secondary N) is 1. The van der Waals surface area contributed by atoms with Crippen LogP contribution in [0.5, 0.6) is 0 Å². The van der Waals surface area contributed by atoms with Crippen molar-refractivity contribution in [3.8, 4) is 0 Å². The molecule has 0 bridgehead atoms. The molecule has 3 heterocycles. The van der Waals surface area contributed by atoms with E-state index in [9.17, 15) is 30.8 Å². The van der Waals surface area contributed by atoms with Crippen LogP contribution in [0.1, 0.15) is 59.7 Å². The predicted molar refractivity (Wildman–Crippen MR) is 152 cm³/mol. The fourth-order valence-corrected chi connectivity index (χ4v) is 7.68. The van der Waals surface area contributed by atoms with Crippen LogP contribution >= 0.6 is 0 Å². The van der Waals surface area contributed by atoms with Crippen LogP contribution in [0.25, 0.3) is 0 Å². The number of alkyl halides is 4. The predicted octanol–water partition coefficient (Wildman–Crippen LogP) is 4.36. The Morgan fingerprint density at radius 2 is 1.84 bits per heavy atom. The van der Waals surface area contributed by atoms with Crippen molar-refractivity contribution in [2.24, 2.45) is 0 Å². The zero-order valence-electron chi connectivity index (χ0n) is 23.8. The molecular formula is C30H32F4N6O3S. The van der Waals surface area contributed by atoms with Crippen LogP contribution in [0.15, 0.2) is 66.0 Å². The van der Waals surface area contributed by atoms with Gasteiger partial charge in [-0.3, -0.25) is 14.0 Å². The molecule has 2 atom stereocenters. The number of nitrogens with zero attached hydrogens (tertiary/aromatic N) is 5. The normalized spacial score (nSPS) is 21.7. The number of rotatable bonds is 7. The minimum Gasteiger partial charge on any atom is -0.329 e. The lowest BCUT2D eigenvalue weighted by Crippen LogP contribution is -2.50. The number of fused-ring (bicyclic) bond motifs is 1. The van der Waals surface area contributed by atoms with Gasteiger partial charge in [-0.25, -0.2) is 17.5 Å². The summed E-state index contributed by atoms with van der Waals surface area (Å²) in [6.07, 6.45) is 2.18. The lowest BCUT2D eigenvalue weighted by molar-refractivity contribution is -0.137. The van der Waals surface area contributed by atoms with E-state index < -0.39 is 44.8 Å². The Morgan fingerprint density at radius 3 is 2.61 bits per heavy atom. The number of aryl methyl sites for hydroxylation is 1. The number of likely N-dealkylation sites (tertiary alicyclic amines) is 1. The molecule has 0 saturated carbocycles. The smallest absolute Gasteiger partial charge is 0.329 e. The topological polar surface area (TPSA) is 100 Å². The summed E-state index contributed by atoms with van der Waals surface area (Å²) in [4.78, 5) is 14.5. The maximum Gasteiger partial charge on any atom is 0.416 e. The minimum absolute atomic E-state index is 0.0960. The van der Waals surface area contributed by atoms with Gasteiger partial charge in [0.1, 0.15) is 12.2 Å². The highest BCUT2D eigenvalue weighted by molar-refractivity contribution is 7.89. The Labute approximate surface area is 252 Å². The Morgan fingerprint density at radius 1 is 1.05 bits per heavy atom. The number of amides is 1. The van der Waals surface area contributed by atoms with Gasteiger partial charge < -0.3 is 5.32 Å². The van der Waals surface area contributed by atoms with E-state index in [0.29, 0.717) is 24.6 Å². The fraction of sp³-hybridized carbons (Fsp3) is 0.433. The first-order valence-corrected chi connectivity index (χ1v) is 16.0. The monoisotopic (exact) mass is 632 g/mol. The van der Waals surface area contributed by atoms with Crippen molar-refractivity contribution < 1.29 is 30.8 Å². The van der Waals surface area contributed by atoms with Gasteiger partial charge in [0.25, 0.3) is 10.0 Å². The number of carbonyl (C=O) groups excluding carboxylic acids is 1. The average Bonchev–Trinajstić information content (AvgIpc) is 3.47. The molecule has 9 nitrogen and oxygen atoms in total. The molecule has 1 aliphatic carbocycles. The summed E-state index contributed by atoms with van der Waals surface area (Å²) in [5, 5.41) is 11.0. The number of benzene rings is 2. The lowest BCUT2D eigenvalue weighted by Gasteiger charge is -2.31. The van der Waals surface area contributed by atoms with Crippen molar-refractivity contribution in [3.63, 3.8) is 0 Å². The van der Waals surface area contributed by atoms with Gasteiger partial charge in [-0.2, -0.15) is 13.2 Å². The second-order valence-electron chi connectivity index (χ2n) is 11.5. The first-order valence-electron chi connectivity index (χ1n) is 14.6. The van der Waals surface area contributed by atoms with Crippen LogP contribution in [0.4, 0.5) is 17.6 Å². The van der Waals surface area contributed by atoms with Gasteiger partial charge in [0.05, 0.1) is 22.2 Å². The van der Waals surface area contributed by atoms with E-state index in [1.165, 1.54) is 11.1 Å². The van der Waals surface area contributed by atoms with E-state index in [1.54, 1.807) is 10.9 Å². The molecule has 2 aliphatic heterocycles. The van der Waals surface area contributed by atoms with E-state index in [-0.39, 0.29) is 12.5 Å². The molecular weight excluding hydrogens is 600 g/mol. The van der Waals surface area contributed by atoms with Crippen molar-refractivity contribution in [2.75, 3.05) is 13.1 Å². The molecule has 44 heavy (non-hydrogen) atoms. The van der Waals surface area contributed by atoms with Crippen molar-refractivity contribution >= 4 is 15.9 Å². The Kier molecular flexibility index (Phi) is 8.22. The maximum absolute atomic E-state index is 13.5. The standard InChI is InChI=1S/C30H32F4N6O3S/c31-23-9-12-38(13-10-23)18-20-7-8-26-21(15-20)3-1-6-27(26)39-19-24(36-37-39)17-28-29(41)35-11-14-40(28)44(42,43)25-5-2-4-22(16-25)30(32,33)34/h2,4-5,7-8,11,14-16,19,23,27-28H,1,3,6,9-10,12-13,17-18H2,(H,35,41)/t27-,28+/m0/s1. The highest BCUT2D eigenvalue weighted by Gasteiger charge is 2.38. The summed E-state index contributed by atoms with van der Waals surface area (Å²) in [6.45, 7) is 2.27. The third kappa shape index (κ3) is 6.23. The molecule has 0 spiro atoms. The number of halogens is 4. The fourth-order valence-electron chi connectivity index (χ4n) is 6.18. The van der Waals surface area contributed by atoms with Crippen molar-refractivity contribution in [2.45, 2.75) is 74.4 Å². The van der Waals surface area contributed by atoms with Crippen LogP contribution in [0, 0.1) is 0 Å². The summed E-state index contributed by atoms with van der Waals surface area (Å²) < 4.78 is 82.8. The molecule has 3 aromatic rings. The van der Waals surface area contributed by atoms with Crippen LogP contribution in [0.2, 0.25) is 0 Å². The number of hydrogen-bond donors (Lipinski definition) is 1. The van der Waals surface area contributed by atoms with Gasteiger partial charge in [-0.1, -0.05) is 29.5 Å². The molecule has 3 aliphatic rings. The first kappa shape index (κ1) is 30.3. The van der Waals surface area contributed by atoms with Gasteiger partial charge in [0, 0.05) is 44.7 Å². The molecule has 1 amide bonds. The highest BCUT2D eigenvalue weighted by Crippen LogP contribution is 2.34. The number of aromatic nitrogens is 3. The summed E-state index contributed by atoms with van der Waals surface area (Å²) in [5.41, 5.74) is 2.77. The van der Waals surface area contributed by atoms with Crippen molar-refractivity contribution in [3.05, 3.63) is 89.0 Å². The maximum atomic E-state index is 13.5. The molecule has 1 N–H and O–H groups in total. The molecule has 1 aromatic heterocycles. The van der Waals surface area contributed by atoms with Gasteiger partial charge in [-0.05, 0) is 67.0 Å². The number of carbonyl (C=O) groups is 1. The lowest BCUT2D eigenvalue weighted by atomic mass is 9.86. The molecule has 1 saturated heterocycles. The average molecular weight is 633 g/mol. The molecule has 2 aromatic carbocycles. The van der Waals surface area contributed by atoms with E-state index in [4.69, 9.17) is 0 Å². The molecule has 0 unspecified atom stereocenters. The second kappa shape index (κ2) is 12.0. The number of sulfonamides is 1. The first-order chi connectivity index (χ1) is 21.0. The quantitative estimate of drug-likeness (QED) is 0.389. The summed E-state index contributed by atoms with van der Waals surface area (Å²) in [6, 6.07) is 8.44. The summed E-state index contributed by atoms with van der Waals surface area (Å²) in [7, 11) is -4.51. The van der Waals surface area contributed by atoms with E-state index in [0.717, 1.165) is 79.4 Å². The van der Waals surface area contributed by atoms with Gasteiger partial charge in [-0.15, -0.1) is 5.10 Å². The van der Waals surface area contributed by atoms with Crippen LogP contribution in [-0.2, 0) is 40.4 Å². The van der Waals surface area contributed by atoms with Gasteiger partial charge in [0.15, 0.2) is 0 Å². The third-order valence-corrected chi connectivity index (χ3v) is 10.3. The molecule has 0 radical (unpaired) electrons. The Bertz CT molecular complexity index is 1670. The van der Waals surface area contributed by atoms with Crippen LogP contribution < -0.4 is 5.32 Å². The number of piperidine rings is 1.